The molecule has 0 amide bonds. The van der Waals surface area contributed by atoms with Crippen LogP contribution in [-0.4, -0.2) is 18.3 Å². The summed E-state index contributed by atoms with van der Waals surface area (Å²) >= 11 is 0. The third-order valence-corrected chi connectivity index (χ3v) is 12.3. The Morgan fingerprint density at radius 3 is 1.00 bits per heavy atom. The Morgan fingerprint density at radius 2 is 0.534 bits per heavy atom. The summed E-state index contributed by atoms with van der Waals surface area (Å²) in [6, 6.07) is 75.5. The van der Waals surface area contributed by atoms with E-state index in [2.05, 4.69) is 225 Å². The van der Waals surface area contributed by atoms with Crippen LogP contribution in [0.4, 0.5) is 0 Å². The molecule has 0 aliphatic heterocycles. The first-order chi connectivity index (χ1) is 28.8. The number of para-hydroxylation sites is 6. The van der Waals surface area contributed by atoms with Gasteiger partial charge in [0.05, 0.1) is 49.8 Å². The van der Waals surface area contributed by atoms with Gasteiger partial charge >= 0.3 is 0 Å². The topological polar surface area (TPSA) is 19.7 Å². The van der Waals surface area contributed by atoms with Crippen LogP contribution in [0, 0.1) is 0 Å². The van der Waals surface area contributed by atoms with Gasteiger partial charge < -0.3 is 18.3 Å². The van der Waals surface area contributed by atoms with Crippen molar-refractivity contribution in [2.45, 2.75) is 0 Å². The zero-order valence-electron chi connectivity index (χ0n) is 31.4. The summed E-state index contributed by atoms with van der Waals surface area (Å²) in [6.07, 6.45) is 0. The molecule has 0 radical (unpaired) electrons. The van der Waals surface area contributed by atoms with Crippen molar-refractivity contribution in [1.82, 2.24) is 18.3 Å². The molecule has 0 N–H and O–H groups in total. The van der Waals surface area contributed by atoms with E-state index in [-0.39, 0.29) is 0 Å². The Balaban J connectivity index is 1.24. The third-order valence-electron chi connectivity index (χ3n) is 12.3. The fourth-order valence-electron chi connectivity index (χ4n) is 9.95. The lowest BCUT2D eigenvalue weighted by atomic mass is 10.1. The third kappa shape index (κ3) is 4.23. The molecule has 270 valence electrons. The normalized spacial score (nSPS) is 12.1. The van der Waals surface area contributed by atoms with Crippen LogP contribution in [-0.2, 0) is 0 Å². The molecule has 58 heavy (non-hydrogen) atoms. The summed E-state index contributed by atoms with van der Waals surface area (Å²) in [5.41, 5.74) is 14.2. The van der Waals surface area contributed by atoms with Gasteiger partial charge in [0, 0.05) is 60.2 Å². The standard InChI is InChI=1S/C54H34N4/c1-4-17-35(18-5-1)55-47-28-15-12-25-40(47)54-48(55)29-16-30-49(54)58-52-31-41-38-23-10-13-26-45(38)56(36-19-6-2-7-20-36)50(41)33-43(52)44-34-51-42(32-53(44)58)39-24-11-14-27-46(39)57(51)37-21-8-3-9-22-37/h1-34H. The van der Waals surface area contributed by atoms with E-state index in [4.69, 9.17) is 0 Å². The highest BCUT2D eigenvalue weighted by Crippen LogP contribution is 2.45. The lowest BCUT2D eigenvalue weighted by molar-refractivity contribution is 1.17. The van der Waals surface area contributed by atoms with Gasteiger partial charge in [0.2, 0.25) is 0 Å². The summed E-state index contributed by atoms with van der Waals surface area (Å²) in [5, 5.41) is 9.86. The Kier molecular flexibility index (Phi) is 6.41. The van der Waals surface area contributed by atoms with Crippen LogP contribution in [0.15, 0.2) is 206 Å². The Bertz CT molecular complexity index is 3600. The summed E-state index contributed by atoms with van der Waals surface area (Å²) in [4.78, 5) is 0. The van der Waals surface area contributed by atoms with Gasteiger partial charge in [0.1, 0.15) is 0 Å². The highest BCUT2D eigenvalue weighted by atomic mass is 15.0. The van der Waals surface area contributed by atoms with E-state index in [0.29, 0.717) is 0 Å². The van der Waals surface area contributed by atoms with Crippen LogP contribution >= 0.6 is 0 Å². The summed E-state index contributed by atoms with van der Waals surface area (Å²) in [5.74, 6) is 0. The molecule has 0 spiro atoms. The Labute approximate surface area is 333 Å². The number of benzene rings is 9. The van der Waals surface area contributed by atoms with E-state index in [9.17, 15) is 0 Å². The van der Waals surface area contributed by atoms with Crippen LogP contribution < -0.4 is 0 Å². The molecule has 4 aromatic heterocycles. The maximum atomic E-state index is 2.55. The first-order valence-electron chi connectivity index (χ1n) is 20.0. The minimum absolute atomic E-state index is 1.15. The van der Waals surface area contributed by atoms with E-state index in [1.54, 1.807) is 0 Å². The van der Waals surface area contributed by atoms with Crippen molar-refractivity contribution in [3.8, 4) is 22.7 Å². The fourth-order valence-corrected chi connectivity index (χ4v) is 9.95. The van der Waals surface area contributed by atoms with Gasteiger partial charge in [-0.05, 0) is 91.0 Å². The molecule has 0 unspecified atom stereocenters. The van der Waals surface area contributed by atoms with Gasteiger partial charge in [-0.3, -0.25) is 0 Å². The molecule has 0 bridgehead atoms. The highest BCUT2D eigenvalue weighted by Gasteiger charge is 2.24. The molecular formula is C54H34N4. The predicted octanol–water partition coefficient (Wildman–Crippen LogP) is 14.1. The second-order valence-electron chi connectivity index (χ2n) is 15.3. The molecule has 4 heteroatoms. The number of aromatic nitrogens is 4. The van der Waals surface area contributed by atoms with Crippen LogP contribution in [0.5, 0.6) is 0 Å². The highest BCUT2D eigenvalue weighted by molar-refractivity contribution is 6.24. The second kappa shape index (κ2) is 11.8. The van der Waals surface area contributed by atoms with Crippen LogP contribution in [0.25, 0.3) is 110 Å². The van der Waals surface area contributed by atoms with Gasteiger partial charge in [-0.2, -0.15) is 0 Å². The van der Waals surface area contributed by atoms with Crippen molar-refractivity contribution < 1.29 is 0 Å². The van der Waals surface area contributed by atoms with E-state index in [1.165, 1.54) is 92.9 Å². The van der Waals surface area contributed by atoms with E-state index >= 15 is 0 Å². The maximum Gasteiger partial charge on any atom is 0.0562 e. The minimum atomic E-state index is 1.15. The van der Waals surface area contributed by atoms with Crippen molar-refractivity contribution >= 4 is 87.2 Å². The smallest absolute Gasteiger partial charge is 0.0562 e. The van der Waals surface area contributed by atoms with E-state index in [1.807, 2.05) is 0 Å². The molecule has 13 rings (SSSR count). The van der Waals surface area contributed by atoms with Crippen molar-refractivity contribution in [2.75, 3.05) is 0 Å². The van der Waals surface area contributed by atoms with Crippen molar-refractivity contribution in [3.05, 3.63) is 206 Å². The number of rotatable bonds is 4. The van der Waals surface area contributed by atoms with Crippen LogP contribution in [0.1, 0.15) is 0 Å². The largest absolute Gasteiger partial charge is 0.309 e. The van der Waals surface area contributed by atoms with E-state index in [0.717, 1.165) is 17.1 Å². The Hall–Kier alpha value is -7.82. The molecule has 0 atom stereocenters. The molecule has 4 heterocycles. The molecule has 4 nitrogen and oxygen atoms in total. The Morgan fingerprint density at radius 1 is 0.207 bits per heavy atom. The molecular weight excluding hydrogens is 705 g/mol. The second-order valence-corrected chi connectivity index (χ2v) is 15.3. The first kappa shape index (κ1) is 31.4. The van der Waals surface area contributed by atoms with Crippen LogP contribution in [0.3, 0.4) is 0 Å². The van der Waals surface area contributed by atoms with E-state index < -0.39 is 0 Å². The number of hydrogen-bond donors (Lipinski definition) is 0. The number of nitrogens with zero attached hydrogens (tertiary/aromatic N) is 4. The summed E-state index contributed by atoms with van der Waals surface area (Å²) in [7, 11) is 0. The van der Waals surface area contributed by atoms with Crippen molar-refractivity contribution in [1.29, 1.82) is 0 Å². The average Bonchev–Trinajstić information content (AvgIpc) is 4.00. The van der Waals surface area contributed by atoms with Gasteiger partial charge in [-0.15, -0.1) is 0 Å². The summed E-state index contributed by atoms with van der Waals surface area (Å²) < 4.78 is 9.83. The minimum Gasteiger partial charge on any atom is -0.309 e. The predicted molar refractivity (Wildman–Crippen MR) is 244 cm³/mol. The average molecular weight is 739 g/mol. The first-order valence-corrected chi connectivity index (χ1v) is 20.0. The lowest BCUT2D eigenvalue weighted by Gasteiger charge is -2.12. The van der Waals surface area contributed by atoms with Crippen LogP contribution in [0.2, 0.25) is 0 Å². The molecule has 0 saturated carbocycles. The zero-order chi connectivity index (χ0) is 37.9. The van der Waals surface area contributed by atoms with Crippen molar-refractivity contribution in [3.63, 3.8) is 0 Å². The number of hydrogen-bond acceptors (Lipinski definition) is 0. The molecule has 0 aliphatic carbocycles. The molecule has 0 aliphatic rings. The summed E-state index contributed by atoms with van der Waals surface area (Å²) in [6.45, 7) is 0. The molecule has 13 aromatic rings. The maximum absolute atomic E-state index is 2.55. The molecule has 9 aromatic carbocycles. The fraction of sp³-hybridized carbons (Fsp3) is 0. The lowest BCUT2D eigenvalue weighted by Crippen LogP contribution is -1.97. The van der Waals surface area contributed by atoms with Gasteiger partial charge in [-0.25, -0.2) is 0 Å². The monoisotopic (exact) mass is 738 g/mol. The molecule has 0 fully saturated rings. The van der Waals surface area contributed by atoms with Gasteiger partial charge in [-0.1, -0.05) is 115 Å². The quantitative estimate of drug-likeness (QED) is 0.171. The molecule has 0 saturated heterocycles. The SMILES string of the molecule is c1ccc(-n2c3ccccc3c3cc4c(cc32)c2cc3c(cc2n4-c2cccc4c2c2ccccc2n4-c2ccccc2)c2ccccc2n3-c2ccccc2)cc1. The zero-order valence-corrected chi connectivity index (χ0v) is 31.4. The number of fused-ring (bicyclic) bond motifs is 12. The van der Waals surface area contributed by atoms with Gasteiger partial charge in [0.15, 0.2) is 0 Å². The van der Waals surface area contributed by atoms with Gasteiger partial charge in [0.25, 0.3) is 0 Å². The van der Waals surface area contributed by atoms with Crippen molar-refractivity contribution in [2.24, 2.45) is 0 Å².